The summed E-state index contributed by atoms with van der Waals surface area (Å²) in [6.45, 7) is 0. The first-order chi connectivity index (χ1) is 12.3. The molecule has 1 radical (unpaired) electrons. The van der Waals surface area contributed by atoms with Gasteiger partial charge in [-0.15, -0.1) is 20.5 Å². The van der Waals surface area contributed by atoms with Gasteiger partial charge in [-0.1, -0.05) is 60.7 Å². The standard InChI is InChI=1S/C14H10BN8O2/c1-3-7-11(8-4-1)13(16-20-21-17-13)24-15-25-14(18-22-23-19-14)12-9-5-2-6-10-12/h1-10H. The SMILES string of the molecule is [B](OC1(c2ccccc2)N=NN=N1)OC1(c2ccccc2)N=NN=N1. The number of nitrogens with zero attached hydrogens (tertiary/aromatic N) is 8. The highest BCUT2D eigenvalue weighted by atomic mass is 16.6. The van der Waals surface area contributed by atoms with Crippen molar-refractivity contribution in [1.82, 2.24) is 0 Å². The summed E-state index contributed by atoms with van der Waals surface area (Å²) in [6.07, 6.45) is 0. The van der Waals surface area contributed by atoms with Crippen LogP contribution in [0.15, 0.2) is 102 Å². The first-order valence-electron chi connectivity index (χ1n) is 7.30. The van der Waals surface area contributed by atoms with E-state index in [9.17, 15) is 0 Å². The maximum Gasteiger partial charge on any atom is 0.495 e. The zero-order valence-electron chi connectivity index (χ0n) is 12.7. The molecule has 2 aromatic carbocycles. The lowest BCUT2D eigenvalue weighted by Gasteiger charge is -2.24. The molecule has 0 amide bonds. The summed E-state index contributed by atoms with van der Waals surface area (Å²) >= 11 is 0. The van der Waals surface area contributed by atoms with E-state index in [4.69, 9.17) is 9.31 Å². The Morgan fingerprint density at radius 1 is 0.560 bits per heavy atom. The molecule has 0 aliphatic carbocycles. The highest BCUT2D eigenvalue weighted by Gasteiger charge is 2.41. The molecule has 11 heteroatoms. The van der Waals surface area contributed by atoms with E-state index < -0.39 is 11.7 Å². The van der Waals surface area contributed by atoms with Gasteiger partial charge in [-0.2, -0.15) is 0 Å². The topological polar surface area (TPSA) is 117 Å². The second-order valence-electron chi connectivity index (χ2n) is 5.04. The van der Waals surface area contributed by atoms with Gasteiger partial charge in [0.15, 0.2) is 0 Å². The van der Waals surface area contributed by atoms with Crippen LogP contribution in [-0.2, 0) is 21.0 Å². The zero-order chi connectivity index (χ0) is 17.0. The maximum absolute atomic E-state index is 5.61. The molecule has 4 rings (SSSR count). The predicted octanol–water partition coefficient (Wildman–Crippen LogP) is 3.84. The lowest BCUT2D eigenvalue weighted by Crippen LogP contribution is -2.31. The summed E-state index contributed by atoms with van der Waals surface area (Å²) in [5.74, 6) is -2.88. The van der Waals surface area contributed by atoms with Crippen molar-refractivity contribution in [1.29, 1.82) is 0 Å². The normalized spacial score (nSPS) is 18.7. The van der Waals surface area contributed by atoms with Crippen LogP contribution in [0.2, 0.25) is 0 Å². The molecule has 0 unspecified atom stereocenters. The van der Waals surface area contributed by atoms with Crippen LogP contribution < -0.4 is 0 Å². The first-order valence-corrected chi connectivity index (χ1v) is 7.30. The number of benzene rings is 2. The number of hydrogen-bond donors (Lipinski definition) is 0. The lowest BCUT2D eigenvalue weighted by molar-refractivity contribution is 0.00698. The molecular formula is C14H10BN8O2. The van der Waals surface area contributed by atoms with Crippen LogP contribution in [0, 0.1) is 0 Å². The van der Waals surface area contributed by atoms with Gasteiger partial charge >= 0.3 is 19.4 Å². The van der Waals surface area contributed by atoms with Crippen molar-refractivity contribution >= 4 is 7.69 Å². The van der Waals surface area contributed by atoms with Crippen molar-refractivity contribution < 1.29 is 9.31 Å². The number of hydrogen-bond acceptors (Lipinski definition) is 10. The molecule has 0 atom stereocenters. The maximum atomic E-state index is 5.61. The molecular weight excluding hydrogens is 323 g/mol. The molecule has 0 aromatic heterocycles. The van der Waals surface area contributed by atoms with Gasteiger partial charge < -0.3 is 9.31 Å². The quantitative estimate of drug-likeness (QED) is 0.747. The molecule has 0 fully saturated rings. The molecule has 2 heterocycles. The second-order valence-corrected chi connectivity index (χ2v) is 5.04. The summed E-state index contributed by atoms with van der Waals surface area (Å²) in [6, 6.07) is 18.2. The molecule has 121 valence electrons. The molecule has 2 aliphatic heterocycles. The summed E-state index contributed by atoms with van der Waals surface area (Å²) in [5.41, 5.74) is 1.28. The molecule has 0 spiro atoms. The summed E-state index contributed by atoms with van der Waals surface area (Å²) < 4.78 is 11.2. The van der Waals surface area contributed by atoms with Crippen molar-refractivity contribution in [2.45, 2.75) is 11.7 Å². The monoisotopic (exact) mass is 333 g/mol. The average Bonchev–Trinajstić information content (AvgIpc) is 3.35. The van der Waals surface area contributed by atoms with Crippen molar-refractivity contribution in [2.75, 3.05) is 0 Å². The third kappa shape index (κ3) is 2.86. The Balaban J connectivity index is 1.53. The van der Waals surface area contributed by atoms with E-state index in [0.29, 0.717) is 11.1 Å². The zero-order valence-corrected chi connectivity index (χ0v) is 12.7. The molecule has 2 aromatic rings. The van der Waals surface area contributed by atoms with Crippen LogP contribution in [-0.4, -0.2) is 7.69 Å². The van der Waals surface area contributed by atoms with E-state index in [2.05, 4.69) is 41.4 Å². The van der Waals surface area contributed by atoms with Crippen LogP contribution in [0.25, 0.3) is 0 Å². The van der Waals surface area contributed by atoms with Crippen molar-refractivity contribution in [3.63, 3.8) is 0 Å². The Morgan fingerprint density at radius 3 is 1.28 bits per heavy atom. The molecule has 0 N–H and O–H groups in total. The fraction of sp³-hybridized carbons (Fsp3) is 0.143. The van der Waals surface area contributed by atoms with Gasteiger partial charge in [0.25, 0.3) is 0 Å². The summed E-state index contributed by atoms with van der Waals surface area (Å²) in [4.78, 5) is 0. The third-order valence-electron chi connectivity index (χ3n) is 3.53. The van der Waals surface area contributed by atoms with Gasteiger partial charge in [0.1, 0.15) is 0 Å². The van der Waals surface area contributed by atoms with E-state index in [0.717, 1.165) is 7.69 Å². The Morgan fingerprint density at radius 2 is 0.920 bits per heavy atom. The summed E-state index contributed by atoms with van der Waals surface area (Å²) in [5, 5.41) is 29.9. The minimum atomic E-state index is -1.44. The van der Waals surface area contributed by atoms with Gasteiger partial charge in [0.05, 0.1) is 0 Å². The Kier molecular flexibility index (Phi) is 3.92. The molecule has 0 saturated heterocycles. The molecule has 25 heavy (non-hydrogen) atoms. The minimum absolute atomic E-state index is 0.642. The van der Waals surface area contributed by atoms with E-state index in [-0.39, 0.29) is 0 Å². The minimum Gasteiger partial charge on any atom is -0.364 e. The van der Waals surface area contributed by atoms with Crippen molar-refractivity contribution in [3.8, 4) is 0 Å². The van der Waals surface area contributed by atoms with Gasteiger partial charge in [0, 0.05) is 11.1 Å². The second kappa shape index (κ2) is 6.38. The van der Waals surface area contributed by atoms with Gasteiger partial charge in [-0.3, -0.25) is 0 Å². The van der Waals surface area contributed by atoms with E-state index in [1.54, 1.807) is 24.3 Å². The van der Waals surface area contributed by atoms with Gasteiger partial charge in [0.2, 0.25) is 0 Å². The molecule has 10 nitrogen and oxygen atoms in total. The third-order valence-corrected chi connectivity index (χ3v) is 3.53. The van der Waals surface area contributed by atoms with Gasteiger partial charge in [-0.25, -0.2) is 0 Å². The van der Waals surface area contributed by atoms with Crippen molar-refractivity contribution in [3.05, 3.63) is 71.8 Å². The lowest BCUT2D eigenvalue weighted by atomic mass is 10.1. The Labute approximate surface area is 142 Å². The van der Waals surface area contributed by atoms with Crippen LogP contribution in [0.5, 0.6) is 0 Å². The Bertz CT molecular complexity index is 760. The van der Waals surface area contributed by atoms with Crippen LogP contribution >= 0.6 is 0 Å². The largest absolute Gasteiger partial charge is 0.495 e. The molecule has 2 aliphatic rings. The molecule has 0 bridgehead atoms. The summed E-state index contributed by atoms with van der Waals surface area (Å²) in [7, 11) is 1.05. The van der Waals surface area contributed by atoms with E-state index in [1.165, 1.54) is 0 Å². The first kappa shape index (κ1) is 15.4. The van der Waals surface area contributed by atoms with E-state index in [1.807, 2.05) is 36.4 Å². The van der Waals surface area contributed by atoms with Crippen LogP contribution in [0.4, 0.5) is 0 Å². The Hall–Kier alpha value is -3.18. The highest BCUT2D eigenvalue weighted by Crippen LogP contribution is 2.36. The smallest absolute Gasteiger partial charge is 0.364 e. The molecule has 0 saturated carbocycles. The van der Waals surface area contributed by atoms with Crippen LogP contribution in [0.1, 0.15) is 11.1 Å². The van der Waals surface area contributed by atoms with Gasteiger partial charge in [-0.05, 0) is 20.9 Å². The highest BCUT2D eigenvalue weighted by molar-refractivity contribution is 6.18. The fourth-order valence-corrected chi connectivity index (χ4v) is 2.29. The predicted molar refractivity (Wildman–Crippen MR) is 83.6 cm³/mol. The van der Waals surface area contributed by atoms with Crippen molar-refractivity contribution in [2.24, 2.45) is 41.4 Å². The van der Waals surface area contributed by atoms with E-state index >= 15 is 0 Å². The average molecular weight is 333 g/mol. The number of rotatable bonds is 6. The van der Waals surface area contributed by atoms with Crippen LogP contribution in [0.3, 0.4) is 0 Å². The fourth-order valence-electron chi connectivity index (χ4n) is 2.29.